The molecule has 3 rings (SSSR count). The standard InChI is InChI=1S/C23H20N2O6S/c1-29-20-11-7-19(8-12-20)25-32(27,28)22-4-2-3-18(15-22)23(26)31-14-13-30-21-9-5-17(16-24)6-10-21/h2-12,15,25H,13-14H2,1H3. The maximum atomic E-state index is 12.7. The Morgan fingerprint density at radius 1 is 0.969 bits per heavy atom. The van der Waals surface area contributed by atoms with Gasteiger partial charge in [0.25, 0.3) is 10.0 Å². The van der Waals surface area contributed by atoms with Gasteiger partial charge in [0.1, 0.15) is 24.7 Å². The van der Waals surface area contributed by atoms with E-state index in [9.17, 15) is 13.2 Å². The van der Waals surface area contributed by atoms with Gasteiger partial charge in [-0.05, 0) is 66.7 Å². The van der Waals surface area contributed by atoms with Gasteiger partial charge in [-0.25, -0.2) is 13.2 Å². The van der Waals surface area contributed by atoms with Gasteiger partial charge in [0.2, 0.25) is 0 Å². The highest BCUT2D eigenvalue weighted by molar-refractivity contribution is 7.92. The second-order valence-electron chi connectivity index (χ2n) is 6.48. The third-order valence-electron chi connectivity index (χ3n) is 4.29. The summed E-state index contributed by atoms with van der Waals surface area (Å²) in [5.74, 6) is 0.466. The second kappa shape index (κ2) is 10.3. The van der Waals surface area contributed by atoms with Crippen molar-refractivity contribution in [2.24, 2.45) is 0 Å². The second-order valence-corrected chi connectivity index (χ2v) is 8.16. The summed E-state index contributed by atoms with van der Waals surface area (Å²) in [5, 5.41) is 8.78. The average Bonchev–Trinajstić information content (AvgIpc) is 2.82. The van der Waals surface area contributed by atoms with E-state index >= 15 is 0 Å². The van der Waals surface area contributed by atoms with Crippen LogP contribution in [0.5, 0.6) is 11.5 Å². The lowest BCUT2D eigenvalue weighted by Gasteiger charge is -2.10. The number of benzene rings is 3. The molecule has 32 heavy (non-hydrogen) atoms. The number of hydrogen-bond donors (Lipinski definition) is 1. The molecule has 0 aromatic heterocycles. The smallest absolute Gasteiger partial charge is 0.338 e. The number of methoxy groups -OCH3 is 1. The van der Waals surface area contributed by atoms with Crippen LogP contribution in [-0.4, -0.2) is 34.7 Å². The van der Waals surface area contributed by atoms with Crippen molar-refractivity contribution in [1.29, 1.82) is 5.26 Å². The monoisotopic (exact) mass is 452 g/mol. The van der Waals surface area contributed by atoms with E-state index in [-0.39, 0.29) is 23.7 Å². The Labute approximate surface area is 186 Å². The van der Waals surface area contributed by atoms with Crippen LogP contribution in [0.4, 0.5) is 5.69 Å². The van der Waals surface area contributed by atoms with Crippen molar-refractivity contribution in [3.63, 3.8) is 0 Å². The van der Waals surface area contributed by atoms with Crippen LogP contribution in [0, 0.1) is 11.3 Å². The Morgan fingerprint density at radius 2 is 1.66 bits per heavy atom. The molecule has 164 valence electrons. The molecule has 0 aliphatic heterocycles. The maximum Gasteiger partial charge on any atom is 0.338 e. The Bertz CT molecular complexity index is 1220. The highest BCUT2D eigenvalue weighted by Gasteiger charge is 2.17. The normalized spacial score (nSPS) is 10.6. The van der Waals surface area contributed by atoms with Gasteiger partial charge in [0.15, 0.2) is 0 Å². The van der Waals surface area contributed by atoms with E-state index in [1.165, 1.54) is 31.4 Å². The quantitative estimate of drug-likeness (QED) is 0.390. The summed E-state index contributed by atoms with van der Waals surface area (Å²) in [6, 6.07) is 20.5. The first-order valence-corrected chi connectivity index (χ1v) is 11.0. The predicted molar refractivity (Wildman–Crippen MR) is 117 cm³/mol. The molecule has 0 radical (unpaired) electrons. The first-order valence-electron chi connectivity index (χ1n) is 9.48. The lowest BCUT2D eigenvalue weighted by Crippen LogP contribution is -2.15. The van der Waals surface area contributed by atoms with Crippen LogP contribution >= 0.6 is 0 Å². The maximum absolute atomic E-state index is 12.7. The number of rotatable bonds is 9. The first-order chi connectivity index (χ1) is 15.4. The van der Waals surface area contributed by atoms with Crippen LogP contribution in [-0.2, 0) is 14.8 Å². The summed E-state index contributed by atoms with van der Waals surface area (Å²) < 4.78 is 43.4. The highest BCUT2D eigenvalue weighted by Crippen LogP contribution is 2.20. The number of carbonyl (C=O) groups excluding carboxylic acids is 1. The van der Waals surface area contributed by atoms with E-state index in [1.54, 1.807) is 48.5 Å². The van der Waals surface area contributed by atoms with Gasteiger partial charge in [-0.15, -0.1) is 0 Å². The summed E-state index contributed by atoms with van der Waals surface area (Å²) in [7, 11) is -2.39. The van der Waals surface area contributed by atoms with Gasteiger partial charge in [-0.2, -0.15) is 5.26 Å². The van der Waals surface area contributed by atoms with E-state index in [0.29, 0.717) is 22.7 Å². The van der Waals surface area contributed by atoms with Gasteiger partial charge in [-0.1, -0.05) is 6.07 Å². The molecule has 0 saturated heterocycles. The third kappa shape index (κ3) is 6.00. The largest absolute Gasteiger partial charge is 0.497 e. The van der Waals surface area contributed by atoms with Crippen molar-refractivity contribution in [1.82, 2.24) is 0 Å². The van der Waals surface area contributed by atoms with Crippen molar-refractivity contribution in [2.45, 2.75) is 4.90 Å². The van der Waals surface area contributed by atoms with Crippen molar-refractivity contribution >= 4 is 21.7 Å². The topological polar surface area (TPSA) is 115 Å². The van der Waals surface area contributed by atoms with Crippen LogP contribution in [0.25, 0.3) is 0 Å². The fraction of sp³-hybridized carbons (Fsp3) is 0.130. The zero-order valence-electron chi connectivity index (χ0n) is 17.1. The number of hydrogen-bond acceptors (Lipinski definition) is 7. The lowest BCUT2D eigenvalue weighted by atomic mass is 10.2. The number of anilines is 1. The SMILES string of the molecule is COc1ccc(NS(=O)(=O)c2cccc(C(=O)OCCOc3ccc(C#N)cc3)c2)cc1. The number of nitriles is 1. The minimum absolute atomic E-state index is 0.0279. The van der Waals surface area contributed by atoms with Gasteiger partial charge < -0.3 is 14.2 Å². The fourth-order valence-corrected chi connectivity index (χ4v) is 3.77. The third-order valence-corrected chi connectivity index (χ3v) is 5.67. The molecular formula is C23H20N2O6S. The Balaban J connectivity index is 1.57. The summed E-state index contributed by atoms with van der Waals surface area (Å²) in [6.45, 7) is 0.0779. The van der Waals surface area contributed by atoms with E-state index in [4.69, 9.17) is 19.5 Å². The molecule has 0 spiro atoms. The molecule has 3 aromatic carbocycles. The van der Waals surface area contributed by atoms with Crippen LogP contribution < -0.4 is 14.2 Å². The molecule has 0 amide bonds. The first kappa shape index (κ1) is 22.7. The van der Waals surface area contributed by atoms with Crippen LogP contribution in [0.1, 0.15) is 15.9 Å². The number of carbonyl (C=O) groups is 1. The Hall–Kier alpha value is -4.03. The Morgan fingerprint density at radius 3 is 2.31 bits per heavy atom. The van der Waals surface area contributed by atoms with Crippen molar-refractivity contribution in [3.05, 3.63) is 83.9 Å². The minimum Gasteiger partial charge on any atom is -0.497 e. The molecule has 1 N–H and O–H groups in total. The average molecular weight is 452 g/mol. The molecule has 8 nitrogen and oxygen atoms in total. The molecule has 0 aliphatic rings. The summed E-state index contributed by atoms with van der Waals surface area (Å²) >= 11 is 0. The number of ether oxygens (including phenoxy) is 3. The molecule has 0 saturated carbocycles. The molecule has 0 atom stereocenters. The van der Waals surface area contributed by atoms with Gasteiger partial charge >= 0.3 is 5.97 Å². The molecule has 0 unspecified atom stereocenters. The Kier molecular flexibility index (Phi) is 7.31. The number of esters is 1. The molecule has 3 aromatic rings. The number of sulfonamides is 1. The molecule has 9 heteroatoms. The number of nitrogens with one attached hydrogen (secondary N) is 1. The molecule has 0 fully saturated rings. The predicted octanol–water partition coefficient (Wildman–Crippen LogP) is 3.60. The van der Waals surface area contributed by atoms with Gasteiger partial charge in [-0.3, -0.25) is 4.72 Å². The minimum atomic E-state index is -3.90. The summed E-state index contributed by atoms with van der Waals surface area (Å²) in [6.07, 6.45) is 0. The highest BCUT2D eigenvalue weighted by atomic mass is 32.2. The molecular weight excluding hydrogens is 432 g/mol. The molecule has 0 aliphatic carbocycles. The van der Waals surface area contributed by atoms with E-state index < -0.39 is 16.0 Å². The summed E-state index contributed by atoms with van der Waals surface area (Å²) in [5.41, 5.74) is 0.972. The van der Waals surface area contributed by atoms with E-state index in [2.05, 4.69) is 4.72 Å². The fourth-order valence-electron chi connectivity index (χ4n) is 2.67. The van der Waals surface area contributed by atoms with Crippen molar-refractivity contribution in [2.75, 3.05) is 25.0 Å². The van der Waals surface area contributed by atoms with Crippen LogP contribution in [0.2, 0.25) is 0 Å². The zero-order chi connectivity index (χ0) is 23.0. The number of nitrogens with zero attached hydrogens (tertiary/aromatic N) is 1. The van der Waals surface area contributed by atoms with Crippen LogP contribution in [0.3, 0.4) is 0 Å². The van der Waals surface area contributed by atoms with Crippen molar-refractivity contribution < 1.29 is 27.4 Å². The van der Waals surface area contributed by atoms with Gasteiger partial charge in [0, 0.05) is 5.69 Å². The van der Waals surface area contributed by atoms with E-state index in [0.717, 1.165) is 0 Å². The zero-order valence-corrected chi connectivity index (χ0v) is 18.0. The molecule has 0 bridgehead atoms. The van der Waals surface area contributed by atoms with Crippen LogP contribution in [0.15, 0.2) is 77.7 Å². The summed E-state index contributed by atoms with van der Waals surface area (Å²) in [4.78, 5) is 12.2. The molecule has 0 heterocycles. The van der Waals surface area contributed by atoms with E-state index in [1.807, 2.05) is 6.07 Å². The van der Waals surface area contributed by atoms with Crippen molar-refractivity contribution in [3.8, 4) is 17.6 Å². The lowest BCUT2D eigenvalue weighted by molar-refractivity contribution is 0.0450. The van der Waals surface area contributed by atoms with Gasteiger partial charge in [0.05, 0.1) is 29.2 Å².